The van der Waals surface area contributed by atoms with Crippen LogP contribution in [0.2, 0.25) is 0 Å². The van der Waals surface area contributed by atoms with E-state index in [4.69, 9.17) is 9.97 Å². The lowest BCUT2D eigenvalue weighted by Crippen LogP contribution is -2.48. The zero-order chi connectivity index (χ0) is 21.3. The number of anilines is 1. The fraction of sp³-hybridized carbons (Fsp3) is 0.286. The van der Waals surface area contributed by atoms with Crippen LogP contribution in [0, 0.1) is 6.92 Å². The van der Waals surface area contributed by atoms with E-state index in [9.17, 15) is 8.42 Å². The van der Waals surface area contributed by atoms with Crippen molar-refractivity contribution >= 4 is 15.8 Å². The third-order valence-corrected chi connectivity index (χ3v) is 6.66. The molecule has 9 heteroatoms. The maximum atomic E-state index is 12.1. The number of benzene rings is 1. The lowest BCUT2D eigenvalue weighted by Gasteiger charge is -2.34. The molecule has 0 unspecified atom stereocenters. The van der Waals surface area contributed by atoms with Crippen LogP contribution in [0.25, 0.3) is 22.6 Å². The van der Waals surface area contributed by atoms with E-state index >= 15 is 0 Å². The Bertz CT molecular complexity index is 1160. The predicted octanol–water partition coefficient (Wildman–Crippen LogP) is 2.45. The van der Waals surface area contributed by atoms with Crippen molar-refractivity contribution in [1.29, 1.82) is 0 Å². The Morgan fingerprint density at radius 1 is 1.03 bits per heavy atom. The minimum atomic E-state index is -3.40. The molecule has 1 aliphatic rings. The molecule has 30 heavy (non-hydrogen) atoms. The van der Waals surface area contributed by atoms with Crippen molar-refractivity contribution in [3.05, 3.63) is 60.3 Å². The Morgan fingerprint density at radius 2 is 1.73 bits per heavy atom. The van der Waals surface area contributed by atoms with Crippen LogP contribution in [0.1, 0.15) is 5.56 Å². The van der Waals surface area contributed by atoms with Crippen LogP contribution in [-0.2, 0) is 17.1 Å². The van der Waals surface area contributed by atoms with Gasteiger partial charge in [-0.3, -0.25) is 4.68 Å². The van der Waals surface area contributed by atoms with Gasteiger partial charge in [-0.2, -0.15) is 9.40 Å². The summed E-state index contributed by atoms with van der Waals surface area (Å²) in [5.41, 5.74) is 3.84. The van der Waals surface area contributed by atoms with E-state index in [2.05, 4.69) is 28.7 Å². The minimum Gasteiger partial charge on any atom is -0.354 e. The SMILES string of the molecule is C=CS(=O)(=O)N1CCN(c2cc(-c3ccc(C)cc3)nc(-c3cnn(C)c3)n2)CC1. The van der Waals surface area contributed by atoms with Gasteiger partial charge in [0.1, 0.15) is 5.82 Å². The summed E-state index contributed by atoms with van der Waals surface area (Å²) in [5.74, 6) is 1.37. The number of hydrogen-bond donors (Lipinski definition) is 0. The van der Waals surface area contributed by atoms with Gasteiger partial charge in [-0.1, -0.05) is 36.4 Å². The number of piperazine rings is 1. The average molecular weight is 425 g/mol. The highest BCUT2D eigenvalue weighted by Gasteiger charge is 2.26. The van der Waals surface area contributed by atoms with E-state index in [0.29, 0.717) is 32.0 Å². The van der Waals surface area contributed by atoms with Gasteiger partial charge < -0.3 is 4.90 Å². The Morgan fingerprint density at radius 3 is 2.33 bits per heavy atom. The topological polar surface area (TPSA) is 84.2 Å². The number of rotatable bonds is 5. The molecule has 0 atom stereocenters. The van der Waals surface area contributed by atoms with Crippen molar-refractivity contribution < 1.29 is 8.42 Å². The highest BCUT2D eigenvalue weighted by atomic mass is 32.2. The maximum absolute atomic E-state index is 12.1. The maximum Gasteiger partial charge on any atom is 0.235 e. The summed E-state index contributed by atoms with van der Waals surface area (Å²) in [6.45, 7) is 7.33. The first-order chi connectivity index (χ1) is 14.4. The van der Waals surface area contributed by atoms with E-state index in [1.807, 2.05) is 38.4 Å². The largest absolute Gasteiger partial charge is 0.354 e. The summed E-state index contributed by atoms with van der Waals surface area (Å²) in [5, 5.41) is 5.24. The van der Waals surface area contributed by atoms with Gasteiger partial charge in [0.05, 0.1) is 17.5 Å². The molecule has 1 saturated heterocycles. The van der Waals surface area contributed by atoms with Gasteiger partial charge in [0.2, 0.25) is 10.0 Å². The first-order valence-electron chi connectivity index (χ1n) is 9.68. The smallest absolute Gasteiger partial charge is 0.235 e. The Hall–Kier alpha value is -3.04. The molecule has 0 amide bonds. The molecule has 1 fully saturated rings. The van der Waals surface area contributed by atoms with Crippen LogP contribution >= 0.6 is 0 Å². The summed E-state index contributed by atoms with van der Waals surface area (Å²) >= 11 is 0. The van der Waals surface area contributed by atoms with Gasteiger partial charge in [-0.05, 0) is 6.92 Å². The molecular formula is C21H24N6O2S. The standard InChI is InChI=1S/C21H24N6O2S/c1-4-30(28,29)27-11-9-26(10-12-27)20-13-19(17-7-5-16(2)6-8-17)23-21(24-20)18-14-22-25(3)15-18/h4-8,13-15H,1,9-12H2,2-3H3. The van der Waals surface area contributed by atoms with Crippen LogP contribution in [0.15, 0.2) is 54.7 Å². The van der Waals surface area contributed by atoms with Gasteiger partial charge in [0.25, 0.3) is 0 Å². The average Bonchev–Trinajstić information content (AvgIpc) is 3.20. The molecule has 0 radical (unpaired) electrons. The fourth-order valence-electron chi connectivity index (χ4n) is 3.41. The highest BCUT2D eigenvalue weighted by molar-refractivity contribution is 7.92. The first-order valence-corrected chi connectivity index (χ1v) is 11.2. The Kier molecular flexibility index (Phi) is 5.40. The fourth-order valence-corrected chi connectivity index (χ4v) is 4.29. The van der Waals surface area contributed by atoms with Crippen molar-refractivity contribution in [3.63, 3.8) is 0 Å². The molecule has 0 N–H and O–H groups in total. The van der Waals surface area contributed by atoms with E-state index < -0.39 is 10.0 Å². The molecular weight excluding hydrogens is 400 g/mol. The quantitative estimate of drug-likeness (QED) is 0.626. The minimum absolute atomic E-state index is 0.389. The van der Waals surface area contributed by atoms with Gasteiger partial charge in [-0.25, -0.2) is 18.4 Å². The van der Waals surface area contributed by atoms with Gasteiger partial charge >= 0.3 is 0 Å². The van der Waals surface area contributed by atoms with Crippen LogP contribution in [0.3, 0.4) is 0 Å². The van der Waals surface area contributed by atoms with Crippen LogP contribution in [0.4, 0.5) is 5.82 Å². The Balaban J connectivity index is 1.70. The lowest BCUT2D eigenvalue weighted by atomic mass is 10.1. The summed E-state index contributed by atoms with van der Waals surface area (Å²) in [7, 11) is -1.55. The van der Waals surface area contributed by atoms with Crippen molar-refractivity contribution in [2.24, 2.45) is 7.05 Å². The third-order valence-electron chi connectivity index (χ3n) is 5.16. The molecule has 156 valence electrons. The zero-order valence-corrected chi connectivity index (χ0v) is 17.9. The van der Waals surface area contributed by atoms with Crippen LogP contribution in [0.5, 0.6) is 0 Å². The predicted molar refractivity (Wildman–Crippen MR) is 117 cm³/mol. The zero-order valence-electron chi connectivity index (χ0n) is 17.1. The van der Waals surface area contributed by atoms with E-state index in [1.54, 1.807) is 10.9 Å². The number of sulfonamides is 1. The Labute approximate surface area is 176 Å². The summed E-state index contributed by atoms with van der Waals surface area (Å²) in [6.07, 6.45) is 3.62. The first kappa shape index (κ1) is 20.2. The normalized spacial score (nSPS) is 15.3. The summed E-state index contributed by atoms with van der Waals surface area (Å²) in [4.78, 5) is 11.6. The molecule has 8 nitrogen and oxygen atoms in total. The molecule has 4 rings (SSSR count). The van der Waals surface area contributed by atoms with Crippen molar-refractivity contribution in [2.45, 2.75) is 6.92 Å². The number of nitrogens with zero attached hydrogens (tertiary/aromatic N) is 6. The van der Waals surface area contributed by atoms with Gasteiger partial charge in [0.15, 0.2) is 5.82 Å². The van der Waals surface area contributed by atoms with Gasteiger partial charge in [-0.15, -0.1) is 0 Å². The van der Waals surface area contributed by atoms with Crippen molar-refractivity contribution in [3.8, 4) is 22.6 Å². The second-order valence-electron chi connectivity index (χ2n) is 7.30. The van der Waals surface area contributed by atoms with Crippen molar-refractivity contribution in [2.75, 3.05) is 31.1 Å². The molecule has 0 saturated carbocycles. The van der Waals surface area contributed by atoms with E-state index in [1.165, 1.54) is 9.87 Å². The van der Waals surface area contributed by atoms with Crippen LogP contribution in [-0.4, -0.2) is 58.7 Å². The van der Waals surface area contributed by atoms with Crippen molar-refractivity contribution in [1.82, 2.24) is 24.1 Å². The van der Waals surface area contributed by atoms with Crippen LogP contribution < -0.4 is 4.90 Å². The second kappa shape index (κ2) is 8.00. The van der Waals surface area contributed by atoms with E-state index in [0.717, 1.165) is 28.0 Å². The highest BCUT2D eigenvalue weighted by Crippen LogP contribution is 2.27. The van der Waals surface area contributed by atoms with E-state index in [-0.39, 0.29) is 0 Å². The second-order valence-corrected chi connectivity index (χ2v) is 9.18. The van der Waals surface area contributed by atoms with Gasteiger partial charge in [0, 0.05) is 56.5 Å². The molecule has 1 aliphatic heterocycles. The molecule has 0 spiro atoms. The number of aryl methyl sites for hydroxylation is 2. The summed E-state index contributed by atoms with van der Waals surface area (Å²) < 4.78 is 27.3. The molecule has 2 aromatic heterocycles. The third kappa shape index (κ3) is 4.12. The summed E-state index contributed by atoms with van der Waals surface area (Å²) in [6, 6.07) is 10.2. The number of hydrogen-bond acceptors (Lipinski definition) is 6. The monoisotopic (exact) mass is 424 g/mol. The molecule has 3 heterocycles. The molecule has 1 aromatic carbocycles. The molecule has 3 aromatic rings. The molecule has 0 bridgehead atoms. The lowest BCUT2D eigenvalue weighted by molar-refractivity contribution is 0.389. The molecule has 0 aliphatic carbocycles. The number of aromatic nitrogens is 4.